The minimum Gasteiger partial charge on any atom is -0.504 e. The van der Waals surface area contributed by atoms with Crippen molar-refractivity contribution in [2.45, 2.75) is 31.1 Å². The molecule has 1 saturated heterocycles. The third-order valence-corrected chi connectivity index (χ3v) is 6.25. The molecule has 8 nitrogen and oxygen atoms in total. The lowest BCUT2D eigenvalue weighted by Crippen LogP contribution is -2.35. The average molecular weight is 404 g/mol. The van der Waals surface area contributed by atoms with Gasteiger partial charge in [-0.15, -0.1) is 0 Å². The van der Waals surface area contributed by atoms with E-state index in [-0.39, 0.29) is 10.6 Å². The molecule has 3 rings (SSSR count). The maximum atomic E-state index is 12.6. The van der Waals surface area contributed by atoms with Gasteiger partial charge in [0.1, 0.15) is 10.7 Å². The van der Waals surface area contributed by atoms with Gasteiger partial charge in [-0.25, -0.2) is 13.4 Å². The predicted octanol–water partition coefficient (Wildman–Crippen LogP) is 2.81. The van der Waals surface area contributed by atoms with Crippen LogP contribution in [0.1, 0.15) is 31.7 Å². The van der Waals surface area contributed by atoms with E-state index in [4.69, 9.17) is 4.74 Å². The summed E-state index contributed by atoms with van der Waals surface area (Å²) in [4.78, 5) is 4.32. The molecule has 0 unspecified atom stereocenters. The quantitative estimate of drug-likeness (QED) is 0.543. The van der Waals surface area contributed by atoms with Gasteiger partial charge in [0.15, 0.2) is 11.5 Å². The van der Waals surface area contributed by atoms with Crippen molar-refractivity contribution in [2.75, 3.05) is 25.1 Å². The summed E-state index contributed by atoms with van der Waals surface area (Å²) in [6.07, 6.45) is 5.75. The fourth-order valence-corrected chi connectivity index (χ4v) is 4.37. The van der Waals surface area contributed by atoms with Crippen molar-refractivity contribution in [3.8, 4) is 11.5 Å². The van der Waals surface area contributed by atoms with E-state index in [0.29, 0.717) is 31.3 Å². The van der Waals surface area contributed by atoms with Crippen LogP contribution in [0.3, 0.4) is 0 Å². The summed E-state index contributed by atoms with van der Waals surface area (Å²) < 4.78 is 32.1. The van der Waals surface area contributed by atoms with Gasteiger partial charge in [-0.1, -0.05) is 6.42 Å². The lowest BCUT2D eigenvalue weighted by Gasteiger charge is -2.25. The molecule has 1 aromatic heterocycles. The smallest absolute Gasteiger partial charge is 0.244 e. The highest BCUT2D eigenvalue weighted by Crippen LogP contribution is 2.26. The van der Waals surface area contributed by atoms with Gasteiger partial charge in [0.2, 0.25) is 10.0 Å². The van der Waals surface area contributed by atoms with Gasteiger partial charge < -0.3 is 9.84 Å². The molecule has 0 amide bonds. The van der Waals surface area contributed by atoms with Crippen molar-refractivity contribution in [2.24, 2.45) is 5.10 Å². The molecule has 150 valence electrons. The molecular weight excluding hydrogens is 380 g/mol. The number of nitrogens with zero attached hydrogens (tertiary/aromatic N) is 3. The van der Waals surface area contributed by atoms with Crippen molar-refractivity contribution in [1.82, 2.24) is 9.29 Å². The van der Waals surface area contributed by atoms with Crippen LogP contribution in [0.5, 0.6) is 11.5 Å². The molecule has 9 heteroatoms. The van der Waals surface area contributed by atoms with Crippen LogP contribution in [0.15, 0.2) is 46.5 Å². The van der Waals surface area contributed by atoms with Crippen LogP contribution in [0.4, 0.5) is 5.82 Å². The molecule has 2 aromatic rings. The first kappa shape index (κ1) is 20.1. The maximum absolute atomic E-state index is 12.6. The van der Waals surface area contributed by atoms with Crippen molar-refractivity contribution in [3.05, 3.63) is 42.1 Å². The highest BCUT2D eigenvalue weighted by atomic mass is 32.2. The van der Waals surface area contributed by atoms with E-state index in [1.807, 2.05) is 6.92 Å². The molecule has 1 aromatic carbocycles. The number of benzene rings is 1. The molecular formula is C19H24N4O4S. The van der Waals surface area contributed by atoms with Gasteiger partial charge in [-0.05, 0) is 55.7 Å². The van der Waals surface area contributed by atoms with E-state index in [0.717, 1.165) is 24.8 Å². The number of hydrogen-bond acceptors (Lipinski definition) is 7. The van der Waals surface area contributed by atoms with Crippen molar-refractivity contribution < 1.29 is 18.3 Å². The summed E-state index contributed by atoms with van der Waals surface area (Å²) >= 11 is 0. The molecule has 0 aliphatic carbocycles. The minimum atomic E-state index is -3.49. The molecule has 2 heterocycles. The summed E-state index contributed by atoms with van der Waals surface area (Å²) in [6.45, 7) is 3.40. The second-order valence-electron chi connectivity index (χ2n) is 6.37. The van der Waals surface area contributed by atoms with E-state index in [2.05, 4.69) is 15.5 Å². The zero-order valence-electron chi connectivity index (χ0n) is 15.7. The highest BCUT2D eigenvalue weighted by molar-refractivity contribution is 7.89. The van der Waals surface area contributed by atoms with E-state index in [9.17, 15) is 13.5 Å². The van der Waals surface area contributed by atoms with Crippen LogP contribution in [-0.4, -0.2) is 48.7 Å². The number of phenolic OH excluding ortho intramolecular Hbond substituents is 1. The number of pyridine rings is 1. The van der Waals surface area contributed by atoms with E-state index in [1.165, 1.54) is 22.6 Å². The average Bonchev–Trinajstić information content (AvgIpc) is 2.71. The number of ether oxygens (including phenoxy) is 1. The molecule has 0 radical (unpaired) electrons. The van der Waals surface area contributed by atoms with Crippen LogP contribution in [-0.2, 0) is 10.0 Å². The lowest BCUT2D eigenvalue weighted by molar-refractivity contribution is 0.318. The van der Waals surface area contributed by atoms with Gasteiger partial charge in [0.25, 0.3) is 0 Å². The van der Waals surface area contributed by atoms with Gasteiger partial charge in [-0.3, -0.25) is 5.43 Å². The van der Waals surface area contributed by atoms with Crippen LogP contribution in [0.2, 0.25) is 0 Å². The van der Waals surface area contributed by atoms with Gasteiger partial charge in [0, 0.05) is 19.3 Å². The zero-order valence-corrected chi connectivity index (χ0v) is 16.5. The summed E-state index contributed by atoms with van der Waals surface area (Å²) in [6, 6.07) is 8.01. The van der Waals surface area contributed by atoms with Crippen molar-refractivity contribution in [3.63, 3.8) is 0 Å². The standard InChI is InChI=1S/C19H24N4O4S/c1-2-27-18-12-15(6-8-17(18)24)13-21-22-19-9-7-16(14-20-19)28(25,26)23-10-4-3-5-11-23/h6-9,12-14,24H,2-5,10-11H2,1H3,(H,20,22)/b21-13+. The second kappa shape index (κ2) is 9.03. The molecule has 2 N–H and O–H groups in total. The Kier molecular flexibility index (Phi) is 6.48. The Bertz CT molecular complexity index is 923. The summed E-state index contributed by atoms with van der Waals surface area (Å²) in [5, 5.41) is 13.8. The molecule has 0 spiro atoms. The van der Waals surface area contributed by atoms with Crippen LogP contribution in [0, 0.1) is 0 Å². The normalized spacial score (nSPS) is 15.6. The Hall–Kier alpha value is -2.65. The fraction of sp³-hybridized carbons (Fsp3) is 0.368. The molecule has 1 aliphatic rings. The number of phenols is 1. The number of hydrogen-bond donors (Lipinski definition) is 2. The van der Waals surface area contributed by atoms with Gasteiger partial charge >= 0.3 is 0 Å². The first-order chi connectivity index (χ1) is 13.5. The van der Waals surface area contributed by atoms with E-state index < -0.39 is 10.0 Å². The second-order valence-corrected chi connectivity index (χ2v) is 8.31. The summed E-state index contributed by atoms with van der Waals surface area (Å²) in [5.74, 6) is 0.883. The van der Waals surface area contributed by atoms with Crippen LogP contribution < -0.4 is 10.2 Å². The number of piperidine rings is 1. The topological polar surface area (TPSA) is 104 Å². The molecule has 28 heavy (non-hydrogen) atoms. The van der Waals surface area contributed by atoms with E-state index >= 15 is 0 Å². The summed E-state index contributed by atoms with van der Waals surface area (Å²) in [7, 11) is -3.49. The predicted molar refractivity (Wildman–Crippen MR) is 107 cm³/mol. The summed E-state index contributed by atoms with van der Waals surface area (Å²) in [5.41, 5.74) is 3.50. The number of sulfonamides is 1. The highest BCUT2D eigenvalue weighted by Gasteiger charge is 2.26. The first-order valence-corrected chi connectivity index (χ1v) is 10.7. The Morgan fingerprint density at radius 3 is 2.71 bits per heavy atom. The number of anilines is 1. The molecule has 1 fully saturated rings. The maximum Gasteiger partial charge on any atom is 0.244 e. The van der Waals surface area contributed by atoms with Gasteiger partial charge in [0.05, 0.1) is 12.8 Å². The third kappa shape index (κ3) is 4.79. The van der Waals surface area contributed by atoms with Crippen molar-refractivity contribution >= 4 is 22.1 Å². The number of aromatic nitrogens is 1. The third-order valence-electron chi connectivity index (χ3n) is 4.37. The fourth-order valence-electron chi connectivity index (χ4n) is 2.91. The van der Waals surface area contributed by atoms with E-state index in [1.54, 1.807) is 24.4 Å². The molecule has 1 aliphatic heterocycles. The number of rotatable bonds is 7. The lowest BCUT2D eigenvalue weighted by atomic mass is 10.2. The zero-order chi connectivity index (χ0) is 20.0. The largest absolute Gasteiger partial charge is 0.504 e. The first-order valence-electron chi connectivity index (χ1n) is 9.22. The molecule has 0 saturated carbocycles. The number of aromatic hydroxyl groups is 1. The van der Waals surface area contributed by atoms with Crippen molar-refractivity contribution in [1.29, 1.82) is 0 Å². The van der Waals surface area contributed by atoms with Crippen LogP contribution in [0.25, 0.3) is 0 Å². The Morgan fingerprint density at radius 2 is 2.04 bits per heavy atom. The SMILES string of the molecule is CCOc1cc(/C=N/Nc2ccc(S(=O)(=O)N3CCCCC3)cn2)ccc1O. The Balaban J connectivity index is 1.64. The Morgan fingerprint density at radius 1 is 1.25 bits per heavy atom. The Labute approximate surface area is 164 Å². The monoisotopic (exact) mass is 404 g/mol. The number of hydrazone groups is 1. The molecule has 0 bridgehead atoms. The number of nitrogens with one attached hydrogen (secondary N) is 1. The molecule has 0 atom stereocenters. The van der Waals surface area contributed by atoms with Crippen LogP contribution >= 0.6 is 0 Å². The van der Waals surface area contributed by atoms with Gasteiger partial charge in [-0.2, -0.15) is 9.41 Å². The minimum absolute atomic E-state index is 0.0686.